The van der Waals surface area contributed by atoms with Gasteiger partial charge in [-0.25, -0.2) is 0 Å². The molecule has 0 bridgehead atoms. The maximum absolute atomic E-state index is 5.88. The summed E-state index contributed by atoms with van der Waals surface area (Å²) < 4.78 is 18.9. The summed E-state index contributed by atoms with van der Waals surface area (Å²) in [4.78, 5) is 2.44. The molecule has 118 valence electrons. The van der Waals surface area contributed by atoms with Gasteiger partial charge in [0.1, 0.15) is 0 Å². The molecule has 2 aliphatic heterocycles. The van der Waals surface area contributed by atoms with Crippen LogP contribution in [0.3, 0.4) is 0 Å². The second kappa shape index (κ2) is 6.87. The zero-order valence-corrected chi connectivity index (χ0v) is 13.0. The number of hydrogen-bond acceptors (Lipinski definition) is 5. The van der Waals surface area contributed by atoms with Gasteiger partial charge in [0.05, 0.1) is 38.2 Å². The van der Waals surface area contributed by atoms with Gasteiger partial charge in [0, 0.05) is 31.7 Å². The summed E-state index contributed by atoms with van der Waals surface area (Å²) in [6, 6.07) is 2.11. The quantitative estimate of drug-likeness (QED) is 0.810. The molecule has 1 unspecified atom stereocenters. The first-order valence-electron chi connectivity index (χ1n) is 7.79. The summed E-state index contributed by atoms with van der Waals surface area (Å²) in [6.45, 7) is 10.1. The van der Waals surface area contributed by atoms with Gasteiger partial charge in [0.2, 0.25) is 0 Å². The molecule has 2 aliphatic rings. The van der Waals surface area contributed by atoms with Gasteiger partial charge in [-0.05, 0) is 19.9 Å². The Morgan fingerprint density at radius 1 is 1.19 bits per heavy atom. The number of aromatic nitrogens is 2. The second-order valence-corrected chi connectivity index (χ2v) is 5.86. The first-order chi connectivity index (χ1) is 10.2. The van der Waals surface area contributed by atoms with E-state index in [0.29, 0.717) is 0 Å². The smallest absolute Gasteiger partial charge is 0.159 e. The Morgan fingerprint density at radius 2 is 2.00 bits per heavy atom. The van der Waals surface area contributed by atoms with Crippen molar-refractivity contribution in [2.75, 3.05) is 39.5 Å². The molecule has 0 spiro atoms. The highest BCUT2D eigenvalue weighted by atomic mass is 16.7. The Kier molecular flexibility index (Phi) is 4.90. The molecule has 6 nitrogen and oxygen atoms in total. The van der Waals surface area contributed by atoms with Crippen LogP contribution in [0.1, 0.15) is 17.8 Å². The molecule has 1 atom stereocenters. The Morgan fingerprint density at radius 3 is 2.71 bits per heavy atom. The zero-order valence-electron chi connectivity index (χ0n) is 13.0. The maximum Gasteiger partial charge on any atom is 0.159 e. The molecule has 0 radical (unpaired) electrons. The molecular formula is C15H25N3O3. The van der Waals surface area contributed by atoms with E-state index in [1.54, 1.807) is 0 Å². The van der Waals surface area contributed by atoms with E-state index < -0.39 is 0 Å². The minimum absolute atomic E-state index is 0.0118. The van der Waals surface area contributed by atoms with Crippen molar-refractivity contribution < 1.29 is 14.2 Å². The van der Waals surface area contributed by atoms with Crippen molar-refractivity contribution in [3.63, 3.8) is 0 Å². The Labute approximate surface area is 126 Å². The van der Waals surface area contributed by atoms with Crippen LogP contribution in [0.2, 0.25) is 0 Å². The highest BCUT2D eigenvalue weighted by molar-refractivity contribution is 5.06. The predicted molar refractivity (Wildman–Crippen MR) is 78.2 cm³/mol. The van der Waals surface area contributed by atoms with E-state index in [-0.39, 0.29) is 12.4 Å². The molecule has 1 aromatic heterocycles. The SMILES string of the molecule is Cc1cc(C)n(CC2CN(CCC3OCCO3)CCO2)n1. The Hall–Kier alpha value is -0.950. The number of aryl methyl sites for hydroxylation is 2. The summed E-state index contributed by atoms with van der Waals surface area (Å²) in [5.74, 6) is 0. The highest BCUT2D eigenvalue weighted by Gasteiger charge is 2.23. The fourth-order valence-electron chi connectivity index (χ4n) is 3.01. The average molecular weight is 295 g/mol. The monoisotopic (exact) mass is 295 g/mol. The van der Waals surface area contributed by atoms with Crippen LogP contribution >= 0.6 is 0 Å². The molecule has 0 aromatic carbocycles. The van der Waals surface area contributed by atoms with Crippen LogP contribution in [0.5, 0.6) is 0 Å². The third-order valence-corrected chi connectivity index (χ3v) is 4.07. The number of nitrogens with zero attached hydrogens (tertiary/aromatic N) is 3. The first-order valence-corrected chi connectivity index (χ1v) is 7.79. The second-order valence-electron chi connectivity index (χ2n) is 5.86. The van der Waals surface area contributed by atoms with Gasteiger partial charge in [0.25, 0.3) is 0 Å². The molecular weight excluding hydrogens is 270 g/mol. The number of ether oxygens (including phenoxy) is 3. The van der Waals surface area contributed by atoms with E-state index in [9.17, 15) is 0 Å². The van der Waals surface area contributed by atoms with Crippen molar-refractivity contribution in [3.8, 4) is 0 Å². The third kappa shape index (κ3) is 4.03. The minimum atomic E-state index is -0.0118. The van der Waals surface area contributed by atoms with Gasteiger partial charge in [0.15, 0.2) is 6.29 Å². The lowest BCUT2D eigenvalue weighted by atomic mass is 10.2. The Balaban J connectivity index is 1.47. The highest BCUT2D eigenvalue weighted by Crippen LogP contribution is 2.13. The molecule has 0 N–H and O–H groups in total. The van der Waals surface area contributed by atoms with Crippen LogP contribution in [-0.4, -0.2) is 66.5 Å². The van der Waals surface area contributed by atoms with Crippen molar-refractivity contribution in [2.45, 2.75) is 39.2 Å². The van der Waals surface area contributed by atoms with Gasteiger partial charge in [-0.3, -0.25) is 9.58 Å². The van der Waals surface area contributed by atoms with E-state index in [1.807, 2.05) is 11.6 Å². The standard InChI is InChI=1S/C15H25N3O3/c1-12-9-13(2)18(16-12)11-14-10-17(5-6-19-14)4-3-15-20-7-8-21-15/h9,14-15H,3-8,10-11H2,1-2H3. The summed E-state index contributed by atoms with van der Waals surface area (Å²) in [6.07, 6.45) is 1.14. The summed E-state index contributed by atoms with van der Waals surface area (Å²) in [5, 5.41) is 4.52. The summed E-state index contributed by atoms with van der Waals surface area (Å²) in [7, 11) is 0. The molecule has 0 saturated carbocycles. The molecule has 6 heteroatoms. The van der Waals surface area contributed by atoms with E-state index in [2.05, 4.69) is 23.0 Å². The number of morpholine rings is 1. The fourth-order valence-corrected chi connectivity index (χ4v) is 3.01. The molecule has 3 rings (SSSR count). The fraction of sp³-hybridized carbons (Fsp3) is 0.800. The largest absolute Gasteiger partial charge is 0.374 e. The molecule has 21 heavy (non-hydrogen) atoms. The number of rotatable bonds is 5. The van der Waals surface area contributed by atoms with Crippen LogP contribution < -0.4 is 0 Å². The van der Waals surface area contributed by atoms with Gasteiger partial charge >= 0.3 is 0 Å². The van der Waals surface area contributed by atoms with E-state index in [1.165, 1.54) is 5.69 Å². The van der Waals surface area contributed by atoms with Gasteiger partial charge < -0.3 is 14.2 Å². The topological polar surface area (TPSA) is 48.8 Å². The van der Waals surface area contributed by atoms with E-state index in [4.69, 9.17) is 14.2 Å². The van der Waals surface area contributed by atoms with Gasteiger partial charge in [-0.2, -0.15) is 5.10 Å². The number of hydrogen-bond donors (Lipinski definition) is 0. The molecule has 1 aromatic rings. The normalized spacial score (nSPS) is 24.8. The van der Waals surface area contributed by atoms with Crippen LogP contribution in [0.4, 0.5) is 0 Å². The van der Waals surface area contributed by atoms with Gasteiger partial charge in [-0.15, -0.1) is 0 Å². The lowest BCUT2D eigenvalue weighted by molar-refractivity contribution is -0.0695. The molecule has 0 aliphatic carbocycles. The van der Waals surface area contributed by atoms with E-state index in [0.717, 1.165) is 58.1 Å². The average Bonchev–Trinajstić information content (AvgIpc) is 3.07. The van der Waals surface area contributed by atoms with Crippen molar-refractivity contribution in [3.05, 3.63) is 17.5 Å². The molecule has 2 saturated heterocycles. The lowest BCUT2D eigenvalue weighted by Crippen LogP contribution is -2.45. The molecule has 0 amide bonds. The van der Waals surface area contributed by atoms with Crippen LogP contribution in [0.25, 0.3) is 0 Å². The van der Waals surface area contributed by atoms with Crippen LogP contribution in [-0.2, 0) is 20.8 Å². The summed E-state index contributed by atoms with van der Waals surface area (Å²) in [5.41, 5.74) is 2.26. The van der Waals surface area contributed by atoms with Crippen LogP contribution in [0.15, 0.2) is 6.07 Å². The molecule has 2 fully saturated rings. The van der Waals surface area contributed by atoms with Gasteiger partial charge in [-0.1, -0.05) is 0 Å². The lowest BCUT2D eigenvalue weighted by Gasteiger charge is -2.33. The predicted octanol–water partition coefficient (Wildman–Crippen LogP) is 0.964. The Bertz CT molecular complexity index is 457. The minimum Gasteiger partial charge on any atom is -0.374 e. The third-order valence-electron chi connectivity index (χ3n) is 4.07. The van der Waals surface area contributed by atoms with Crippen molar-refractivity contribution in [2.24, 2.45) is 0 Å². The van der Waals surface area contributed by atoms with Crippen molar-refractivity contribution in [1.29, 1.82) is 0 Å². The molecule has 3 heterocycles. The maximum atomic E-state index is 5.88. The summed E-state index contributed by atoms with van der Waals surface area (Å²) >= 11 is 0. The first kappa shape index (κ1) is 15.0. The van der Waals surface area contributed by atoms with Crippen LogP contribution in [0, 0.1) is 13.8 Å². The van der Waals surface area contributed by atoms with E-state index >= 15 is 0 Å². The van der Waals surface area contributed by atoms with Crippen molar-refractivity contribution in [1.82, 2.24) is 14.7 Å². The zero-order chi connectivity index (χ0) is 14.7. The van der Waals surface area contributed by atoms with Crippen molar-refractivity contribution >= 4 is 0 Å².